The van der Waals surface area contributed by atoms with Crippen LogP contribution in [0.15, 0.2) is 46.4 Å². The smallest absolute Gasteiger partial charge is 0.276 e. The van der Waals surface area contributed by atoms with Crippen LogP contribution in [0.3, 0.4) is 0 Å². The number of ether oxygens (including phenoxy) is 2. The molecule has 0 aliphatic carbocycles. The summed E-state index contributed by atoms with van der Waals surface area (Å²) in [6.07, 6.45) is 1.43. The van der Waals surface area contributed by atoms with E-state index >= 15 is 0 Å². The van der Waals surface area contributed by atoms with Crippen molar-refractivity contribution < 1.29 is 17.9 Å². The summed E-state index contributed by atoms with van der Waals surface area (Å²) in [5.74, 6) is 1.22. The molecule has 0 atom stereocenters. The predicted octanol–water partition coefficient (Wildman–Crippen LogP) is 3.32. The molecule has 0 amide bonds. The minimum atomic E-state index is -3.70. The molecule has 2 aromatic rings. The van der Waals surface area contributed by atoms with E-state index in [1.807, 2.05) is 19.9 Å². The number of methoxy groups -OCH3 is 1. The zero-order valence-corrected chi connectivity index (χ0v) is 17.1. The van der Waals surface area contributed by atoms with Gasteiger partial charge in [0.1, 0.15) is 0 Å². The highest BCUT2D eigenvalue weighted by molar-refractivity contribution is 14.1. The first-order valence-corrected chi connectivity index (χ1v) is 10.1. The molecule has 6 nitrogen and oxygen atoms in total. The average molecular weight is 474 g/mol. The van der Waals surface area contributed by atoms with Gasteiger partial charge in [-0.15, -0.1) is 0 Å². The van der Waals surface area contributed by atoms with Gasteiger partial charge < -0.3 is 9.47 Å². The molecule has 2 aromatic carbocycles. The number of hydrogen-bond acceptors (Lipinski definition) is 5. The summed E-state index contributed by atoms with van der Waals surface area (Å²) in [4.78, 5) is 2.37. The Kier molecular flexibility index (Phi) is 6.65. The highest BCUT2D eigenvalue weighted by Gasteiger charge is 2.13. The third-order valence-electron chi connectivity index (χ3n) is 3.25. The van der Waals surface area contributed by atoms with Crippen LogP contribution in [0.4, 0.5) is 0 Å². The summed E-state index contributed by atoms with van der Waals surface area (Å²) < 4.78 is 36.1. The lowest BCUT2D eigenvalue weighted by Gasteiger charge is -2.11. The number of sulfonamides is 1. The molecule has 25 heavy (non-hydrogen) atoms. The van der Waals surface area contributed by atoms with Crippen LogP contribution in [-0.2, 0) is 10.0 Å². The Hall–Kier alpha value is -1.81. The molecule has 0 spiro atoms. The number of halogens is 1. The number of rotatable bonds is 7. The minimum Gasteiger partial charge on any atom is -0.492 e. The molecule has 0 aromatic heterocycles. The molecule has 0 radical (unpaired) electrons. The van der Waals surface area contributed by atoms with Crippen molar-refractivity contribution in [2.24, 2.45) is 5.10 Å². The van der Waals surface area contributed by atoms with E-state index in [4.69, 9.17) is 9.47 Å². The number of aryl methyl sites for hydroxylation is 1. The van der Waals surface area contributed by atoms with Gasteiger partial charge in [-0.1, -0.05) is 17.7 Å². The highest BCUT2D eigenvalue weighted by atomic mass is 127. The molecule has 0 fully saturated rings. The molecular formula is C17H19IN2O4S. The Bertz CT molecular complexity index is 865. The maximum atomic E-state index is 12.2. The molecule has 8 heteroatoms. The summed E-state index contributed by atoms with van der Waals surface area (Å²) in [6.45, 7) is 4.26. The lowest BCUT2D eigenvalue weighted by molar-refractivity contribution is 0.309. The first-order valence-electron chi connectivity index (χ1n) is 7.49. The van der Waals surface area contributed by atoms with E-state index in [1.54, 1.807) is 25.3 Å². The molecule has 0 aliphatic heterocycles. The van der Waals surface area contributed by atoms with Crippen molar-refractivity contribution in [3.63, 3.8) is 0 Å². The molecule has 0 aliphatic rings. The lowest BCUT2D eigenvalue weighted by atomic mass is 10.2. The second-order valence-corrected chi connectivity index (χ2v) is 7.96. The summed E-state index contributed by atoms with van der Waals surface area (Å²) in [6, 6.07) is 10.1. The zero-order valence-electron chi connectivity index (χ0n) is 14.1. The molecule has 134 valence electrons. The SMILES string of the molecule is CCOc1cc(/C=N\NS(=O)(=O)c2ccc(C)cc2)cc(I)c1OC. The largest absolute Gasteiger partial charge is 0.492 e. The third kappa shape index (κ3) is 5.08. The van der Waals surface area contributed by atoms with E-state index in [0.717, 1.165) is 9.13 Å². The van der Waals surface area contributed by atoms with Crippen LogP contribution in [0.1, 0.15) is 18.1 Å². The first kappa shape index (κ1) is 19.5. The predicted molar refractivity (Wildman–Crippen MR) is 106 cm³/mol. The summed E-state index contributed by atoms with van der Waals surface area (Å²) in [5.41, 5.74) is 1.68. The summed E-state index contributed by atoms with van der Waals surface area (Å²) in [5, 5.41) is 3.85. The maximum absolute atomic E-state index is 12.2. The van der Waals surface area contributed by atoms with Crippen LogP contribution in [0.5, 0.6) is 11.5 Å². The second kappa shape index (κ2) is 8.52. The fourth-order valence-corrected chi connectivity index (χ4v) is 3.70. The molecule has 0 heterocycles. The summed E-state index contributed by atoms with van der Waals surface area (Å²) in [7, 11) is -2.12. The maximum Gasteiger partial charge on any atom is 0.276 e. The van der Waals surface area contributed by atoms with E-state index < -0.39 is 10.0 Å². The molecule has 1 N–H and O–H groups in total. The van der Waals surface area contributed by atoms with Crippen LogP contribution in [0, 0.1) is 10.5 Å². The Labute approximate surface area is 161 Å². The van der Waals surface area contributed by atoms with Crippen molar-refractivity contribution in [2.45, 2.75) is 18.7 Å². The van der Waals surface area contributed by atoms with Gasteiger partial charge in [-0.05, 0) is 66.3 Å². The van der Waals surface area contributed by atoms with E-state index in [1.165, 1.54) is 18.3 Å². The molecule has 0 saturated carbocycles. The van der Waals surface area contributed by atoms with Crippen molar-refractivity contribution >= 4 is 38.8 Å². The number of benzene rings is 2. The standard InChI is InChI=1S/C17H19IN2O4S/c1-4-24-16-10-13(9-15(18)17(16)23-3)11-19-20-25(21,22)14-7-5-12(2)6-8-14/h5-11,20H,4H2,1-3H3/b19-11-. The first-order chi connectivity index (χ1) is 11.9. The molecular weight excluding hydrogens is 455 g/mol. The van der Waals surface area contributed by atoms with E-state index in [9.17, 15) is 8.42 Å². The fraction of sp³-hybridized carbons (Fsp3) is 0.235. The topological polar surface area (TPSA) is 77.0 Å². The van der Waals surface area contributed by atoms with Gasteiger partial charge in [0.25, 0.3) is 10.0 Å². The van der Waals surface area contributed by atoms with Gasteiger partial charge in [0.05, 0.1) is 28.4 Å². The van der Waals surface area contributed by atoms with Crippen molar-refractivity contribution in [3.05, 3.63) is 51.1 Å². The van der Waals surface area contributed by atoms with E-state index in [-0.39, 0.29) is 4.90 Å². The second-order valence-electron chi connectivity index (χ2n) is 5.13. The monoisotopic (exact) mass is 474 g/mol. The van der Waals surface area contributed by atoms with Crippen molar-refractivity contribution in [2.75, 3.05) is 13.7 Å². The van der Waals surface area contributed by atoms with Crippen molar-refractivity contribution in [3.8, 4) is 11.5 Å². The van der Waals surface area contributed by atoms with Crippen LogP contribution < -0.4 is 14.3 Å². The van der Waals surface area contributed by atoms with Gasteiger partial charge >= 0.3 is 0 Å². The van der Waals surface area contributed by atoms with Crippen LogP contribution in [0.2, 0.25) is 0 Å². The van der Waals surface area contributed by atoms with Gasteiger partial charge in [0, 0.05) is 0 Å². The summed E-state index contributed by atoms with van der Waals surface area (Å²) >= 11 is 2.13. The average Bonchev–Trinajstić information content (AvgIpc) is 2.55. The zero-order chi connectivity index (χ0) is 18.4. The molecule has 0 unspecified atom stereocenters. The number of nitrogens with one attached hydrogen (secondary N) is 1. The normalized spacial score (nSPS) is 11.5. The van der Waals surface area contributed by atoms with Gasteiger partial charge in [0.2, 0.25) is 0 Å². The van der Waals surface area contributed by atoms with Crippen LogP contribution in [-0.4, -0.2) is 28.3 Å². The minimum absolute atomic E-state index is 0.162. The van der Waals surface area contributed by atoms with Crippen molar-refractivity contribution in [1.82, 2.24) is 4.83 Å². The number of hydrogen-bond donors (Lipinski definition) is 1. The third-order valence-corrected chi connectivity index (χ3v) is 5.29. The molecule has 2 rings (SSSR count). The van der Waals surface area contributed by atoms with Gasteiger partial charge in [-0.3, -0.25) is 0 Å². The van der Waals surface area contributed by atoms with E-state index in [0.29, 0.717) is 23.7 Å². The van der Waals surface area contributed by atoms with Gasteiger partial charge in [-0.25, -0.2) is 4.83 Å². The Morgan fingerprint density at radius 3 is 2.52 bits per heavy atom. The van der Waals surface area contributed by atoms with Crippen LogP contribution in [0.25, 0.3) is 0 Å². The molecule has 0 bridgehead atoms. The van der Waals surface area contributed by atoms with Crippen LogP contribution >= 0.6 is 22.6 Å². The van der Waals surface area contributed by atoms with E-state index in [2.05, 4.69) is 32.5 Å². The molecule has 0 saturated heterocycles. The Morgan fingerprint density at radius 2 is 1.92 bits per heavy atom. The fourth-order valence-electron chi connectivity index (χ4n) is 2.06. The van der Waals surface area contributed by atoms with Crippen molar-refractivity contribution in [1.29, 1.82) is 0 Å². The number of nitrogens with zero attached hydrogens (tertiary/aromatic N) is 1. The highest BCUT2D eigenvalue weighted by Crippen LogP contribution is 2.33. The Balaban J connectivity index is 2.20. The quantitative estimate of drug-likeness (QED) is 0.380. The Morgan fingerprint density at radius 1 is 1.24 bits per heavy atom. The lowest BCUT2D eigenvalue weighted by Crippen LogP contribution is -2.18. The number of hydrazone groups is 1. The van der Waals surface area contributed by atoms with Gasteiger partial charge in [0.15, 0.2) is 11.5 Å². The van der Waals surface area contributed by atoms with Gasteiger partial charge in [-0.2, -0.15) is 13.5 Å².